The SMILES string of the molecule is CCN1C(=O)[C@](O)(CC(=O)c2cc(C(C)C)ccc2C)c2ccccc21. The second-order valence-corrected chi connectivity index (χ2v) is 7.26. The zero-order valence-electron chi connectivity index (χ0n) is 15.7. The van der Waals surface area contributed by atoms with Gasteiger partial charge in [-0.2, -0.15) is 0 Å². The molecule has 0 unspecified atom stereocenters. The number of Topliss-reactive ketones (excluding diaryl/α,β-unsaturated/α-hetero) is 1. The van der Waals surface area contributed by atoms with Crippen LogP contribution in [0.15, 0.2) is 42.5 Å². The van der Waals surface area contributed by atoms with Crippen molar-refractivity contribution < 1.29 is 14.7 Å². The largest absolute Gasteiger partial charge is 0.375 e. The normalized spacial score (nSPS) is 19.2. The molecule has 26 heavy (non-hydrogen) atoms. The van der Waals surface area contributed by atoms with Gasteiger partial charge in [0.05, 0.1) is 12.1 Å². The number of aliphatic hydroxyl groups is 1. The first-order valence-electron chi connectivity index (χ1n) is 9.07. The van der Waals surface area contributed by atoms with Gasteiger partial charge in [0.25, 0.3) is 5.91 Å². The molecule has 1 N–H and O–H groups in total. The second kappa shape index (κ2) is 6.69. The number of rotatable bonds is 5. The number of likely N-dealkylation sites (N-methyl/N-ethyl adjacent to an activating group) is 1. The zero-order valence-corrected chi connectivity index (χ0v) is 15.7. The number of fused-ring (bicyclic) bond motifs is 1. The van der Waals surface area contributed by atoms with Crippen LogP contribution in [-0.4, -0.2) is 23.3 Å². The highest BCUT2D eigenvalue weighted by Crippen LogP contribution is 2.42. The van der Waals surface area contributed by atoms with Crippen LogP contribution < -0.4 is 4.90 Å². The summed E-state index contributed by atoms with van der Waals surface area (Å²) >= 11 is 0. The first-order valence-corrected chi connectivity index (χ1v) is 9.07. The minimum absolute atomic E-state index is 0.214. The average molecular weight is 351 g/mol. The van der Waals surface area contributed by atoms with Crippen LogP contribution in [0.4, 0.5) is 5.69 Å². The number of benzene rings is 2. The number of carbonyl (C=O) groups excluding carboxylic acids is 2. The lowest BCUT2D eigenvalue weighted by Crippen LogP contribution is -2.41. The maximum Gasteiger partial charge on any atom is 0.264 e. The highest BCUT2D eigenvalue weighted by molar-refractivity contribution is 6.11. The summed E-state index contributed by atoms with van der Waals surface area (Å²) in [7, 11) is 0. The summed E-state index contributed by atoms with van der Waals surface area (Å²) in [4.78, 5) is 27.4. The number of amides is 1. The molecule has 0 spiro atoms. The van der Waals surface area contributed by atoms with E-state index >= 15 is 0 Å². The molecular formula is C22H25NO3. The van der Waals surface area contributed by atoms with Gasteiger partial charge in [0.1, 0.15) is 0 Å². The summed E-state index contributed by atoms with van der Waals surface area (Å²) in [6.07, 6.45) is -0.248. The van der Waals surface area contributed by atoms with E-state index in [1.54, 1.807) is 17.0 Å². The van der Waals surface area contributed by atoms with E-state index in [0.29, 0.717) is 29.3 Å². The molecule has 4 heteroatoms. The summed E-state index contributed by atoms with van der Waals surface area (Å²) < 4.78 is 0. The summed E-state index contributed by atoms with van der Waals surface area (Å²) in [6.45, 7) is 8.33. The number of anilines is 1. The smallest absolute Gasteiger partial charge is 0.264 e. The number of para-hydroxylation sites is 1. The van der Waals surface area contributed by atoms with Crippen LogP contribution in [0.5, 0.6) is 0 Å². The van der Waals surface area contributed by atoms with Crippen molar-refractivity contribution in [3.8, 4) is 0 Å². The molecule has 3 rings (SSSR count). The Hall–Kier alpha value is -2.46. The first-order chi connectivity index (χ1) is 12.3. The van der Waals surface area contributed by atoms with E-state index in [1.807, 2.05) is 44.2 Å². The molecule has 0 saturated carbocycles. The molecule has 0 aromatic heterocycles. The lowest BCUT2D eigenvalue weighted by molar-refractivity contribution is -0.135. The van der Waals surface area contributed by atoms with Gasteiger partial charge in [0.15, 0.2) is 11.4 Å². The predicted molar refractivity (Wildman–Crippen MR) is 103 cm³/mol. The van der Waals surface area contributed by atoms with Crippen molar-refractivity contribution >= 4 is 17.4 Å². The zero-order chi connectivity index (χ0) is 19.1. The van der Waals surface area contributed by atoms with Crippen LogP contribution in [0.1, 0.15) is 60.2 Å². The average Bonchev–Trinajstić information content (AvgIpc) is 2.82. The van der Waals surface area contributed by atoms with E-state index in [0.717, 1.165) is 11.1 Å². The van der Waals surface area contributed by atoms with Gasteiger partial charge in [-0.25, -0.2) is 0 Å². The summed E-state index contributed by atoms with van der Waals surface area (Å²) in [5, 5.41) is 11.2. The van der Waals surface area contributed by atoms with Gasteiger partial charge in [-0.15, -0.1) is 0 Å². The molecule has 1 atom stereocenters. The summed E-state index contributed by atoms with van der Waals surface area (Å²) in [5.41, 5.74) is 1.89. The number of nitrogens with zero attached hydrogens (tertiary/aromatic N) is 1. The Morgan fingerprint density at radius 3 is 2.54 bits per heavy atom. The lowest BCUT2D eigenvalue weighted by Gasteiger charge is -2.22. The van der Waals surface area contributed by atoms with Crippen LogP contribution in [-0.2, 0) is 10.4 Å². The Bertz CT molecular complexity index is 871. The molecule has 1 aliphatic rings. The maximum absolute atomic E-state index is 13.0. The first kappa shape index (κ1) is 18.3. The highest BCUT2D eigenvalue weighted by atomic mass is 16.3. The monoisotopic (exact) mass is 351 g/mol. The van der Waals surface area contributed by atoms with E-state index < -0.39 is 11.5 Å². The molecule has 0 saturated heterocycles. The van der Waals surface area contributed by atoms with Gasteiger partial charge >= 0.3 is 0 Å². The molecule has 0 fully saturated rings. The quantitative estimate of drug-likeness (QED) is 0.830. The Balaban J connectivity index is 1.99. The summed E-state index contributed by atoms with van der Waals surface area (Å²) in [6, 6.07) is 13.0. The van der Waals surface area contributed by atoms with Crippen LogP contribution in [0.3, 0.4) is 0 Å². The van der Waals surface area contributed by atoms with E-state index in [9.17, 15) is 14.7 Å². The van der Waals surface area contributed by atoms with E-state index in [1.165, 1.54) is 0 Å². The standard InChI is InChI=1S/C22H25NO3/c1-5-23-19-9-7-6-8-18(19)22(26,21(23)25)13-20(24)17-12-16(14(2)3)11-10-15(17)4/h6-12,14,26H,5,13H2,1-4H3/t22-/m0/s1. The molecule has 0 bridgehead atoms. The predicted octanol–water partition coefficient (Wildman–Crippen LogP) is 3.95. The van der Waals surface area contributed by atoms with Crippen LogP contribution in [0.25, 0.3) is 0 Å². The van der Waals surface area contributed by atoms with Gasteiger partial charge in [-0.3, -0.25) is 9.59 Å². The Morgan fingerprint density at radius 2 is 1.88 bits per heavy atom. The fraction of sp³-hybridized carbons (Fsp3) is 0.364. The number of hydrogen-bond acceptors (Lipinski definition) is 3. The van der Waals surface area contributed by atoms with E-state index in [-0.39, 0.29) is 12.2 Å². The van der Waals surface area contributed by atoms with Crippen molar-refractivity contribution in [3.63, 3.8) is 0 Å². The molecule has 1 heterocycles. The van der Waals surface area contributed by atoms with Gasteiger partial charge in [-0.1, -0.05) is 44.2 Å². The molecule has 0 radical (unpaired) electrons. The van der Waals surface area contributed by atoms with Crippen LogP contribution >= 0.6 is 0 Å². The van der Waals surface area contributed by atoms with Crippen LogP contribution in [0, 0.1) is 6.92 Å². The fourth-order valence-corrected chi connectivity index (χ4v) is 3.62. The number of hydrogen-bond donors (Lipinski definition) is 1. The molecular weight excluding hydrogens is 326 g/mol. The maximum atomic E-state index is 13.0. The number of ketones is 1. The van der Waals surface area contributed by atoms with Gasteiger partial charge < -0.3 is 10.0 Å². The van der Waals surface area contributed by atoms with Crippen LogP contribution in [0.2, 0.25) is 0 Å². The third kappa shape index (κ3) is 2.84. The molecule has 1 aliphatic heterocycles. The Kier molecular flexibility index (Phi) is 4.72. The van der Waals surface area contributed by atoms with E-state index in [2.05, 4.69) is 13.8 Å². The third-order valence-corrected chi connectivity index (χ3v) is 5.20. The minimum Gasteiger partial charge on any atom is -0.375 e. The highest BCUT2D eigenvalue weighted by Gasteiger charge is 2.50. The topological polar surface area (TPSA) is 57.6 Å². The minimum atomic E-state index is -1.80. The van der Waals surface area contributed by atoms with Gasteiger partial charge in [0, 0.05) is 17.7 Å². The second-order valence-electron chi connectivity index (χ2n) is 7.26. The van der Waals surface area contributed by atoms with E-state index in [4.69, 9.17) is 0 Å². The number of aryl methyl sites for hydroxylation is 1. The molecule has 4 nitrogen and oxygen atoms in total. The van der Waals surface area contributed by atoms with Crippen molar-refractivity contribution in [2.45, 2.75) is 45.6 Å². The molecule has 0 aliphatic carbocycles. The molecule has 136 valence electrons. The van der Waals surface area contributed by atoms with Crippen molar-refractivity contribution in [2.24, 2.45) is 0 Å². The number of carbonyl (C=O) groups is 2. The Morgan fingerprint density at radius 1 is 1.19 bits per heavy atom. The summed E-state index contributed by atoms with van der Waals surface area (Å²) in [5.74, 6) is -0.338. The Labute approximate surface area is 154 Å². The molecule has 2 aromatic rings. The van der Waals surface area contributed by atoms with Crippen molar-refractivity contribution in [1.82, 2.24) is 0 Å². The third-order valence-electron chi connectivity index (χ3n) is 5.20. The molecule has 2 aromatic carbocycles. The van der Waals surface area contributed by atoms with Crippen molar-refractivity contribution in [2.75, 3.05) is 11.4 Å². The van der Waals surface area contributed by atoms with Crippen molar-refractivity contribution in [3.05, 3.63) is 64.7 Å². The molecule has 1 amide bonds. The van der Waals surface area contributed by atoms with Gasteiger partial charge in [0.2, 0.25) is 0 Å². The fourth-order valence-electron chi connectivity index (χ4n) is 3.62. The lowest BCUT2D eigenvalue weighted by atomic mass is 9.86. The van der Waals surface area contributed by atoms with Gasteiger partial charge in [-0.05, 0) is 43.0 Å². The van der Waals surface area contributed by atoms with Crippen molar-refractivity contribution in [1.29, 1.82) is 0 Å².